The highest BCUT2D eigenvalue weighted by molar-refractivity contribution is 6.83. The Labute approximate surface area is 108 Å². The van der Waals surface area contributed by atoms with Crippen LogP contribution in [0.3, 0.4) is 0 Å². The fourth-order valence-electron chi connectivity index (χ4n) is 1.65. The maximum atomic E-state index is 11.5. The summed E-state index contributed by atoms with van der Waals surface area (Å²) in [6.07, 6.45) is 0. The molecule has 0 unspecified atom stereocenters. The monoisotopic (exact) mass is 256 g/mol. The van der Waals surface area contributed by atoms with Gasteiger partial charge in [-0.05, 0) is 12.1 Å². The second-order valence-electron chi connectivity index (χ2n) is 5.30. The van der Waals surface area contributed by atoms with E-state index in [2.05, 4.69) is 36.2 Å². The molecule has 0 saturated heterocycles. The van der Waals surface area contributed by atoms with Gasteiger partial charge in [-0.2, -0.15) is 9.78 Å². The molecule has 0 fully saturated rings. The number of benzene rings is 1. The van der Waals surface area contributed by atoms with Gasteiger partial charge in [0.2, 0.25) is 5.91 Å². The lowest BCUT2D eigenvalue weighted by Crippen LogP contribution is -2.16. The van der Waals surface area contributed by atoms with Gasteiger partial charge in [0.05, 0.1) is 5.52 Å². The van der Waals surface area contributed by atoms with Crippen molar-refractivity contribution in [2.45, 2.75) is 26.6 Å². The molecule has 0 aliphatic heterocycles. The van der Waals surface area contributed by atoms with E-state index < -0.39 is 8.07 Å². The molecule has 0 aliphatic rings. The van der Waals surface area contributed by atoms with E-state index in [1.165, 1.54) is 11.6 Å². The minimum absolute atomic E-state index is 0.0905. The van der Waals surface area contributed by atoms with Gasteiger partial charge in [0.15, 0.2) is 0 Å². The molecule has 0 radical (unpaired) electrons. The second kappa shape index (κ2) is 4.43. The van der Waals surface area contributed by atoms with Crippen molar-refractivity contribution < 1.29 is 4.79 Å². The summed E-state index contributed by atoms with van der Waals surface area (Å²) in [4.78, 5) is 11.5. The first-order valence-electron chi connectivity index (χ1n) is 5.90. The third-order valence-electron chi connectivity index (χ3n) is 2.44. The predicted molar refractivity (Wildman–Crippen MR) is 76.3 cm³/mol. The van der Waals surface area contributed by atoms with Crippen molar-refractivity contribution in [2.75, 3.05) is 0 Å². The lowest BCUT2D eigenvalue weighted by molar-refractivity contribution is 0.0926. The van der Waals surface area contributed by atoms with Gasteiger partial charge < -0.3 is 0 Å². The van der Waals surface area contributed by atoms with Crippen molar-refractivity contribution in [1.29, 1.82) is 0 Å². The molecule has 2 aromatic rings. The fourth-order valence-corrected chi connectivity index (χ4v) is 2.14. The van der Waals surface area contributed by atoms with Crippen LogP contribution in [0, 0.1) is 11.5 Å². The van der Waals surface area contributed by atoms with Crippen molar-refractivity contribution in [3.63, 3.8) is 0 Å². The van der Waals surface area contributed by atoms with Crippen LogP contribution in [0.15, 0.2) is 24.3 Å². The zero-order valence-corrected chi connectivity index (χ0v) is 12.1. The summed E-state index contributed by atoms with van der Waals surface area (Å²) in [6, 6.07) is 7.69. The van der Waals surface area contributed by atoms with Gasteiger partial charge in [0, 0.05) is 12.3 Å². The molecule has 0 spiro atoms. The van der Waals surface area contributed by atoms with Crippen molar-refractivity contribution in [3.8, 4) is 11.5 Å². The highest BCUT2D eigenvalue weighted by atomic mass is 28.3. The lowest BCUT2D eigenvalue weighted by Gasteiger charge is -2.02. The van der Waals surface area contributed by atoms with E-state index >= 15 is 0 Å². The maximum Gasteiger partial charge on any atom is 0.244 e. The first kappa shape index (κ1) is 12.6. The Balaban J connectivity index is 2.65. The zero-order chi connectivity index (χ0) is 13.3. The van der Waals surface area contributed by atoms with E-state index in [-0.39, 0.29) is 5.91 Å². The number of rotatable bonds is 0. The SMILES string of the molecule is CC(=O)n1nc(C#C[Si](C)(C)C)c2ccccc21. The van der Waals surface area contributed by atoms with Gasteiger partial charge in [-0.1, -0.05) is 37.7 Å². The minimum atomic E-state index is -1.44. The first-order valence-corrected chi connectivity index (χ1v) is 9.40. The standard InChI is InChI=1S/C14H16N2OSi/c1-11(17)16-14-8-6-5-7-12(14)13(15-16)9-10-18(2,3)4/h5-8H,1-4H3. The quantitative estimate of drug-likeness (QED) is 0.536. The van der Waals surface area contributed by atoms with Crippen LogP contribution in [0.4, 0.5) is 0 Å². The van der Waals surface area contributed by atoms with Crippen LogP contribution in [0.5, 0.6) is 0 Å². The molecule has 0 bridgehead atoms. The summed E-state index contributed by atoms with van der Waals surface area (Å²) < 4.78 is 1.42. The molecule has 2 rings (SSSR count). The number of carbonyl (C=O) groups is 1. The van der Waals surface area contributed by atoms with Crippen molar-refractivity contribution >= 4 is 24.9 Å². The van der Waals surface area contributed by atoms with Crippen molar-refractivity contribution in [3.05, 3.63) is 30.0 Å². The van der Waals surface area contributed by atoms with Crippen molar-refractivity contribution in [1.82, 2.24) is 9.78 Å². The highest BCUT2D eigenvalue weighted by Gasteiger charge is 2.12. The molecule has 0 N–H and O–H groups in total. The van der Waals surface area contributed by atoms with Crippen LogP contribution in [0.25, 0.3) is 10.9 Å². The average Bonchev–Trinajstić information content (AvgIpc) is 2.64. The molecule has 4 heteroatoms. The fraction of sp³-hybridized carbons (Fsp3) is 0.286. The van der Waals surface area contributed by atoms with Crippen LogP contribution >= 0.6 is 0 Å². The number of nitrogens with zero attached hydrogens (tertiary/aromatic N) is 2. The third kappa shape index (κ3) is 2.52. The second-order valence-corrected chi connectivity index (χ2v) is 10.0. The number of carbonyl (C=O) groups excluding carboxylic acids is 1. The summed E-state index contributed by atoms with van der Waals surface area (Å²) in [7, 11) is -1.44. The maximum absolute atomic E-state index is 11.5. The van der Waals surface area contributed by atoms with Gasteiger partial charge in [-0.15, -0.1) is 5.54 Å². The van der Waals surface area contributed by atoms with Crippen LogP contribution in [-0.4, -0.2) is 23.8 Å². The number of hydrogen-bond acceptors (Lipinski definition) is 2. The summed E-state index contributed by atoms with van der Waals surface area (Å²) >= 11 is 0. The molecule has 1 heterocycles. The molecule has 92 valence electrons. The zero-order valence-electron chi connectivity index (χ0n) is 11.1. The van der Waals surface area contributed by atoms with E-state index in [0.717, 1.165) is 10.9 Å². The van der Waals surface area contributed by atoms with E-state index in [1.54, 1.807) is 0 Å². The predicted octanol–water partition coefficient (Wildman–Crippen LogP) is 2.93. The highest BCUT2D eigenvalue weighted by Crippen LogP contribution is 2.17. The van der Waals surface area contributed by atoms with Gasteiger partial charge in [0.1, 0.15) is 13.8 Å². The molecule has 1 aromatic heterocycles. The Morgan fingerprint density at radius 1 is 1.28 bits per heavy atom. The van der Waals surface area contributed by atoms with E-state index in [9.17, 15) is 4.79 Å². The molecule has 18 heavy (non-hydrogen) atoms. The van der Waals surface area contributed by atoms with Crippen LogP contribution < -0.4 is 0 Å². The molecular formula is C14H16N2OSi. The van der Waals surface area contributed by atoms with Crippen molar-refractivity contribution in [2.24, 2.45) is 0 Å². The first-order chi connectivity index (χ1) is 8.38. The van der Waals surface area contributed by atoms with E-state index in [1.807, 2.05) is 24.3 Å². The summed E-state index contributed by atoms with van der Waals surface area (Å²) in [5.74, 6) is 3.04. The van der Waals surface area contributed by atoms with Crippen LogP contribution in [-0.2, 0) is 0 Å². The van der Waals surface area contributed by atoms with Crippen LogP contribution in [0.2, 0.25) is 19.6 Å². The van der Waals surface area contributed by atoms with E-state index in [4.69, 9.17) is 0 Å². The third-order valence-corrected chi connectivity index (χ3v) is 3.32. The summed E-state index contributed by atoms with van der Waals surface area (Å²) in [6.45, 7) is 8.06. The topological polar surface area (TPSA) is 34.9 Å². The van der Waals surface area contributed by atoms with E-state index in [0.29, 0.717) is 5.69 Å². The number of hydrogen-bond donors (Lipinski definition) is 0. The molecule has 0 atom stereocenters. The molecule has 0 amide bonds. The van der Waals surface area contributed by atoms with Gasteiger partial charge >= 0.3 is 0 Å². The Bertz CT molecular complexity index is 668. The molecule has 1 aromatic carbocycles. The Morgan fingerprint density at radius 2 is 1.94 bits per heavy atom. The van der Waals surface area contributed by atoms with Crippen LogP contribution in [0.1, 0.15) is 17.4 Å². The minimum Gasteiger partial charge on any atom is -0.273 e. The number of aromatic nitrogens is 2. The number of para-hydroxylation sites is 1. The summed E-state index contributed by atoms with van der Waals surface area (Å²) in [5.41, 5.74) is 4.81. The number of fused-ring (bicyclic) bond motifs is 1. The molecular weight excluding hydrogens is 240 g/mol. The van der Waals surface area contributed by atoms with Gasteiger partial charge in [-0.3, -0.25) is 4.79 Å². The Hall–Kier alpha value is -1.86. The largest absolute Gasteiger partial charge is 0.273 e. The average molecular weight is 256 g/mol. The van der Waals surface area contributed by atoms with Gasteiger partial charge in [-0.25, -0.2) is 0 Å². The molecule has 0 aliphatic carbocycles. The smallest absolute Gasteiger partial charge is 0.244 e. The molecule has 3 nitrogen and oxygen atoms in total. The normalized spacial score (nSPS) is 11.1. The Kier molecular flexibility index (Phi) is 3.10. The molecule has 0 saturated carbocycles. The summed E-state index contributed by atoms with van der Waals surface area (Å²) in [5, 5.41) is 5.25. The lowest BCUT2D eigenvalue weighted by atomic mass is 10.2. The van der Waals surface area contributed by atoms with Gasteiger partial charge in [0.25, 0.3) is 0 Å². The Morgan fingerprint density at radius 3 is 2.56 bits per heavy atom.